The van der Waals surface area contributed by atoms with Gasteiger partial charge in [0.15, 0.2) is 0 Å². The molecule has 0 spiro atoms. The van der Waals surface area contributed by atoms with Crippen LogP contribution >= 0.6 is 0 Å². The molecule has 1 amide bonds. The summed E-state index contributed by atoms with van der Waals surface area (Å²) in [5.41, 5.74) is 13.6. The molecule has 7 rings (SSSR count). The quantitative estimate of drug-likeness (QED) is 0.340. The van der Waals surface area contributed by atoms with Crippen molar-refractivity contribution in [2.75, 3.05) is 19.5 Å². The Morgan fingerprint density at radius 2 is 1.85 bits per heavy atom. The van der Waals surface area contributed by atoms with Gasteiger partial charge in [0.05, 0.1) is 31.2 Å². The fourth-order valence-electron chi connectivity index (χ4n) is 6.98. The monoisotopic (exact) mass is 520 g/mol. The number of carbonyl (C=O) groups is 1. The molecule has 3 aliphatic rings. The lowest BCUT2D eigenvalue weighted by Crippen LogP contribution is -2.17. The fraction of sp³-hybridized carbons (Fsp3) is 0.312. The molecule has 1 aliphatic heterocycles. The van der Waals surface area contributed by atoms with Gasteiger partial charge in [0, 0.05) is 48.6 Å². The Balaban J connectivity index is 1.45. The molecule has 1 unspecified atom stereocenters. The molecule has 1 aromatic heterocycles. The number of rotatable bonds is 5. The standard InChI is InChI=1S/C32H32N4O3/c1-16(2)27-19-8-6-17(34-25-13-18(38-4)7-11-26(25)39-5)12-21(19)29-22-14-33-32(37)31(22)28-20(30(27)29)9-10-24-23(28)15-36(3)35-24/h6-8,11-13,15-16,27,34H,9-10,14H2,1-5H3,(H,33,37). The topological polar surface area (TPSA) is 77.4 Å². The zero-order valence-corrected chi connectivity index (χ0v) is 22.9. The van der Waals surface area contributed by atoms with Crippen LogP contribution in [0.15, 0.2) is 42.6 Å². The zero-order chi connectivity index (χ0) is 27.0. The first-order valence-corrected chi connectivity index (χ1v) is 13.6. The maximum atomic E-state index is 13.3. The molecule has 2 heterocycles. The van der Waals surface area contributed by atoms with Gasteiger partial charge in [-0.1, -0.05) is 19.9 Å². The number of aromatic nitrogens is 2. The Hall–Kier alpha value is -4.26. The minimum absolute atomic E-state index is 0.0192. The van der Waals surface area contributed by atoms with E-state index in [1.54, 1.807) is 14.2 Å². The van der Waals surface area contributed by atoms with Gasteiger partial charge in [-0.3, -0.25) is 9.48 Å². The Morgan fingerprint density at radius 3 is 2.62 bits per heavy atom. The van der Waals surface area contributed by atoms with Gasteiger partial charge in [-0.05, 0) is 76.4 Å². The molecular weight excluding hydrogens is 488 g/mol. The van der Waals surface area contributed by atoms with E-state index in [0.29, 0.717) is 12.5 Å². The highest BCUT2D eigenvalue weighted by atomic mass is 16.5. The average molecular weight is 521 g/mol. The highest BCUT2D eigenvalue weighted by molar-refractivity contribution is 6.09. The van der Waals surface area contributed by atoms with E-state index in [4.69, 9.17) is 14.6 Å². The average Bonchev–Trinajstić information content (AvgIpc) is 3.60. The van der Waals surface area contributed by atoms with Crippen molar-refractivity contribution in [3.05, 3.63) is 76.1 Å². The molecular formula is C32H32N4O3. The van der Waals surface area contributed by atoms with E-state index in [-0.39, 0.29) is 11.8 Å². The molecule has 0 saturated heterocycles. The number of nitrogens with zero attached hydrogens (tertiary/aromatic N) is 2. The summed E-state index contributed by atoms with van der Waals surface area (Å²) in [4.78, 5) is 13.3. The smallest absolute Gasteiger partial charge is 0.252 e. The fourth-order valence-corrected chi connectivity index (χ4v) is 6.98. The SMILES string of the molecule is COc1ccc(OC)c(Nc2ccc3c(c2)-c2c4c(c5c(c2C3C(C)C)CCc2nn(C)cc2-5)C(=O)NC4)c1. The Labute approximate surface area is 228 Å². The number of hydrogen-bond acceptors (Lipinski definition) is 5. The number of anilines is 2. The van der Waals surface area contributed by atoms with Gasteiger partial charge in [0.1, 0.15) is 11.5 Å². The molecule has 3 aromatic carbocycles. The molecule has 2 N–H and O–H groups in total. The summed E-state index contributed by atoms with van der Waals surface area (Å²) in [6, 6.07) is 12.4. The van der Waals surface area contributed by atoms with E-state index < -0.39 is 0 Å². The lowest BCUT2D eigenvalue weighted by molar-refractivity contribution is 0.0966. The summed E-state index contributed by atoms with van der Waals surface area (Å²) in [6.45, 7) is 5.15. The van der Waals surface area contributed by atoms with E-state index in [2.05, 4.69) is 48.9 Å². The van der Waals surface area contributed by atoms with Crippen molar-refractivity contribution in [2.45, 2.75) is 39.2 Å². The van der Waals surface area contributed by atoms with Gasteiger partial charge in [0.2, 0.25) is 0 Å². The molecule has 1 atom stereocenters. The van der Waals surface area contributed by atoms with Crippen molar-refractivity contribution in [3.8, 4) is 33.8 Å². The minimum Gasteiger partial charge on any atom is -0.497 e. The van der Waals surface area contributed by atoms with Gasteiger partial charge in [0.25, 0.3) is 5.91 Å². The summed E-state index contributed by atoms with van der Waals surface area (Å²) in [5, 5.41) is 11.4. The normalized spacial score (nSPS) is 16.3. The number of ether oxygens (including phenoxy) is 2. The first-order chi connectivity index (χ1) is 18.9. The molecule has 7 nitrogen and oxygen atoms in total. The van der Waals surface area contributed by atoms with Crippen LogP contribution in [0.3, 0.4) is 0 Å². The summed E-state index contributed by atoms with van der Waals surface area (Å²) >= 11 is 0. The van der Waals surface area contributed by atoms with E-state index in [0.717, 1.165) is 63.7 Å². The number of methoxy groups -OCH3 is 2. The second-order valence-corrected chi connectivity index (χ2v) is 11.1. The summed E-state index contributed by atoms with van der Waals surface area (Å²) in [5.74, 6) is 2.20. The van der Waals surface area contributed by atoms with Gasteiger partial charge in [-0.2, -0.15) is 5.10 Å². The van der Waals surface area contributed by atoms with Crippen LogP contribution < -0.4 is 20.1 Å². The van der Waals surface area contributed by atoms with Gasteiger partial charge in [-0.25, -0.2) is 0 Å². The first kappa shape index (κ1) is 23.8. The Bertz CT molecular complexity index is 1680. The molecule has 0 bridgehead atoms. The van der Waals surface area contributed by atoms with Gasteiger partial charge in [-0.15, -0.1) is 0 Å². The van der Waals surface area contributed by atoms with Crippen molar-refractivity contribution in [2.24, 2.45) is 13.0 Å². The van der Waals surface area contributed by atoms with E-state index in [9.17, 15) is 4.79 Å². The van der Waals surface area contributed by atoms with Gasteiger partial charge >= 0.3 is 0 Å². The molecule has 39 heavy (non-hydrogen) atoms. The number of nitrogens with one attached hydrogen (secondary N) is 2. The minimum atomic E-state index is 0.0192. The number of hydrogen-bond donors (Lipinski definition) is 2. The molecule has 198 valence electrons. The summed E-state index contributed by atoms with van der Waals surface area (Å²) in [7, 11) is 5.29. The third kappa shape index (κ3) is 3.42. The maximum Gasteiger partial charge on any atom is 0.252 e. The summed E-state index contributed by atoms with van der Waals surface area (Å²) in [6.07, 6.45) is 3.87. The number of carbonyl (C=O) groups excluding carboxylic acids is 1. The van der Waals surface area contributed by atoms with Crippen molar-refractivity contribution >= 4 is 17.3 Å². The zero-order valence-electron chi connectivity index (χ0n) is 22.9. The maximum absolute atomic E-state index is 13.3. The van der Waals surface area contributed by atoms with Crippen molar-refractivity contribution in [1.82, 2.24) is 15.1 Å². The van der Waals surface area contributed by atoms with Crippen molar-refractivity contribution < 1.29 is 14.3 Å². The van der Waals surface area contributed by atoms with E-state index in [1.807, 2.05) is 29.9 Å². The molecule has 2 aliphatic carbocycles. The molecule has 4 aromatic rings. The molecule has 0 fully saturated rings. The largest absolute Gasteiger partial charge is 0.497 e. The van der Waals surface area contributed by atoms with Gasteiger partial charge < -0.3 is 20.1 Å². The van der Waals surface area contributed by atoms with Crippen LogP contribution in [-0.4, -0.2) is 29.9 Å². The third-order valence-corrected chi connectivity index (χ3v) is 8.51. The van der Waals surface area contributed by atoms with Crippen LogP contribution in [0.2, 0.25) is 0 Å². The summed E-state index contributed by atoms with van der Waals surface area (Å²) < 4.78 is 12.9. The molecule has 0 radical (unpaired) electrons. The van der Waals surface area contributed by atoms with Crippen molar-refractivity contribution in [3.63, 3.8) is 0 Å². The van der Waals surface area contributed by atoms with Crippen LogP contribution in [0, 0.1) is 5.92 Å². The Kier molecular flexibility index (Phi) is 5.27. The highest BCUT2D eigenvalue weighted by Gasteiger charge is 2.42. The third-order valence-electron chi connectivity index (χ3n) is 8.51. The Morgan fingerprint density at radius 1 is 1.00 bits per heavy atom. The number of amides is 1. The predicted octanol–water partition coefficient (Wildman–Crippen LogP) is 5.96. The number of fused-ring (bicyclic) bond motifs is 10. The molecule has 7 heteroatoms. The van der Waals surface area contributed by atoms with Crippen LogP contribution in [0.1, 0.15) is 58.1 Å². The van der Waals surface area contributed by atoms with Crippen LogP contribution in [0.5, 0.6) is 11.5 Å². The second-order valence-electron chi connectivity index (χ2n) is 11.1. The first-order valence-electron chi connectivity index (χ1n) is 13.6. The lowest BCUT2D eigenvalue weighted by atomic mass is 9.76. The second kappa shape index (κ2) is 8.63. The predicted molar refractivity (Wildman–Crippen MR) is 152 cm³/mol. The van der Waals surface area contributed by atoms with Crippen LogP contribution in [0.4, 0.5) is 11.4 Å². The van der Waals surface area contributed by atoms with Crippen LogP contribution in [-0.2, 0) is 26.4 Å². The number of aryl methyl sites for hydroxylation is 2. The molecule has 0 saturated carbocycles. The van der Waals surface area contributed by atoms with Crippen molar-refractivity contribution in [1.29, 1.82) is 0 Å². The highest BCUT2D eigenvalue weighted by Crippen LogP contribution is 2.56. The number of benzene rings is 3. The lowest BCUT2D eigenvalue weighted by Gasteiger charge is -2.27. The van der Waals surface area contributed by atoms with E-state index >= 15 is 0 Å². The van der Waals surface area contributed by atoms with Crippen LogP contribution in [0.25, 0.3) is 22.3 Å². The van der Waals surface area contributed by atoms with E-state index in [1.165, 1.54) is 27.8 Å².